The number of hydrogen-bond donors (Lipinski definition) is 0. The molecule has 4 atom stereocenters. The van der Waals surface area contributed by atoms with Gasteiger partial charge >= 0.3 is 0 Å². The highest BCUT2D eigenvalue weighted by Crippen LogP contribution is 2.38. The second-order valence-electron chi connectivity index (χ2n) is 6.21. The Morgan fingerprint density at radius 1 is 1.28 bits per heavy atom. The summed E-state index contributed by atoms with van der Waals surface area (Å²) >= 11 is 0. The van der Waals surface area contributed by atoms with Gasteiger partial charge in [-0.3, -0.25) is 0 Å². The third kappa shape index (κ3) is 3.23. The number of methoxy groups -OCH3 is 1. The zero-order valence-corrected chi connectivity index (χ0v) is 12.1. The van der Waals surface area contributed by atoms with E-state index in [4.69, 9.17) is 18.9 Å². The SMILES string of the molecule is CO[C@@H]1OC(CCC(C)C)C[C@@H]2OC(C)(C)OC12. The van der Waals surface area contributed by atoms with Crippen molar-refractivity contribution in [2.75, 3.05) is 7.11 Å². The average Bonchev–Trinajstić information content (AvgIpc) is 2.59. The van der Waals surface area contributed by atoms with Gasteiger partial charge in [-0.1, -0.05) is 13.8 Å². The Balaban J connectivity index is 1.96. The fourth-order valence-corrected chi connectivity index (χ4v) is 2.75. The summed E-state index contributed by atoms with van der Waals surface area (Å²) in [6.45, 7) is 8.36. The number of fused-ring (bicyclic) bond motifs is 1. The minimum atomic E-state index is -0.525. The van der Waals surface area contributed by atoms with Gasteiger partial charge in [-0.05, 0) is 32.6 Å². The highest BCUT2D eigenvalue weighted by atomic mass is 16.8. The third-order valence-electron chi connectivity index (χ3n) is 3.61. The molecule has 0 radical (unpaired) electrons. The molecule has 106 valence electrons. The van der Waals surface area contributed by atoms with Crippen LogP contribution in [0.2, 0.25) is 0 Å². The maximum absolute atomic E-state index is 5.97. The van der Waals surface area contributed by atoms with Crippen LogP contribution < -0.4 is 0 Å². The summed E-state index contributed by atoms with van der Waals surface area (Å²) in [4.78, 5) is 0. The molecule has 4 heteroatoms. The van der Waals surface area contributed by atoms with Gasteiger partial charge in [0.25, 0.3) is 0 Å². The number of hydrogen-bond acceptors (Lipinski definition) is 4. The van der Waals surface area contributed by atoms with E-state index in [9.17, 15) is 0 Å². The molecule has 0 aromatic heterocycles. The van der Waals surface area contributed by atoms with Crippen molar-refractivity contribution in [2.45, 2.75) is 77.3 Å². The number of ether oxygens (including phenoxy) is 4. The Morgan fingerprint density at radius 2 is 2.00 bits per heavy atom. The first-order chi connectivity index (χ1) is 8.41. The van der Waals surface area contributed by atoms with Crippen molar-refractivity contribution in [2.24, 2.45) is 5.92 Å². The lowest BCUT2D eigenvalue weighted by Gasteiger charge is -2.36. The Morgan fingerprint density at radius 3 is 2.61 bits per heavy atom. The van der Waals surface area contributed by atoms with Crippen molar-refractivity contribution in [3.63, 3.8) is 0 Å². The number of rotatable bonds is 4. The van der Waals surface area contributed by atoms with Crippen LogP contribution in [0, 0.1) is 5.92 Å². The van der Waals surface area contributed by atoms with E-state index in [0.29, 0.717) is 5.92 Å². The quantitative estimate of drug-likeness (QED) is 0.777. The standard InChI is InChI=1S/C14H26O4/c1-9(2)6-7-10-8-11-12(13(15-5)16-10)18-14(3,4)17-11/h9-13H,6-8H2,1-5H3/t10?,11-,12?,13+/m0/s1. The van der Waals surface area contributed by atoms with Gasteiger partial charge in [0.2, 0.25) is 0 Å². The molecule has 2 rings (SSSR count). The molecule has 2 fully saturated rings. The van der Waals surface area contributed by atoms with E-state index in [1.54, 1.807) is 7.11 Å². The van der Waals surface area contributed by atoms with Crippen LogP contribution >= 0.6 is 0 Å². The van der Waals surface area contributed by atoms with Crippen LogP contribution in [0.1, 0.15) is 47.0 Å². The molecule has 2 aliphatic heterocycles. The molecule has 0 aliphatic carbocycles. The van der Waals surface area contributed by atoms with Crippen LogP contribution in [0.3, 0.4) is 0 Å². The van der Waals surface area contributed by atoms with E-state index in [1.807, 2.05) is 13.8 Å². The maximum Gasteiger partial charge on any atom is 0.186 e. The summed E-state index contributed by atoms with van der Waals surface area (Å²) in [6.07, 6.45) is 3.04. The van der Waals surface area contributed by atoms with Crippen LogP contribution in [0.25, 0.3) is 0 Å². The van der Waals surface area contributed by atoms with E-state index in [1.165, 1.54) is 6.42 Å². The van der Waals surface area contributed by atoms with Crippen LogP contribution in [0.5, 0.6) is 0 Å². The average molecular weight is 258 g/mol. The van der Waals surface area contributed by atoms with Gasteiger partial charge in [0.15, 0.2) is 12.1 Å². The Hall–Kier alpha value is -0.160. The second-order valence-corrected chi connectivity index (χ2v) is 6.21. The summed E-state index contributed by atoms with van der Waals surface area (Å²) in [5.41, 5.74) is 0. The lowest BCUT2D eigenvalue weighted by Crippen LogP contribution is -2.47. The van der Waals surface area contributed by atoms with E-state index in [0.717, 1.165) is 12.8 Å². The normalized spacial score (nSPS) is 39.0. The summed E-state index contributed by atoms with van der Waals surface area (Å²) in [5, 5.41) is 0. The topological polar surface area (TPSA) is 36.9 Å². The fourth-order valence-electron chi connectivity index (χ4n) is 2.75. The van der Waals surface area contributed by atoms with Crippen molar-refractivity contribution < 1.29 is 18.9 Å². The van der Waals surface area contributed by atoms with Crippen molar-refractivity contribution in [1.82, 2.24) is 0 Å². The first kappa shape index (κ1) is 14.3. The van der Waals surface area contributed by atoms with E-state index >= 15 is 0 Å². The van der Waals surface area contributed by atoms with Crippen molar-refractivity contribution in [1.29, 1.82) is 0 Å². The maximum atomic E-state index is 5.97. The van der Waals surface area contributed by atoms with E-state index in [-0.39, 0.29) is 24.6 Å². The molecule has 2 unspecified atom stereocenters. The molecular formula is C14H26O4. The largest absolute Gasteiger partial charge is 0.353 e. The van der Waals surface area contributed by atoms with Gasteiger partial charge in [0.1, 0.15) is 6.10 Å². The molecule has 2 heterocycles. The predicted octanol–water partition coefficient (Wildman–Crippen LogP) is 2.70. The highest BCUT2D eigenvalue weighted by Gasteiger charge is 2.50. The van der Waals surface area contributed by atoms with Gasteiger partial charge in [0, 0.05) is 13.5 Å². The highest BCUT2D eigenvalue weighted by molar-refractivity contribution is 4.90. The minimum absolute atomic E-state index is 0.0934. The van der Waals surface area contributed by atoms with Crippen LogP contribution in [-0.4, -0.2) is 37.5 Å². The molecule has 2 aliphatic rings. The van der Waals surface area contributed by atoms with Gasteiger partial charge in [-0.15, -0.1) is 0 Å². The monoisotopic (exact) mass is 258 g/mol. The summed E-state index contributed by atoms with van der Waals surface area (Å²) in [5.74, 6) is 0.173. The summed E-state index contributed by atoms with van der Waals surface area (Å²) < 4.78 is 23.2. The zero-order valence-electron chi connectivity index (χ0n) is 12.1. The predicted molar refractivity (Wildman–Crippen MR) is 68.2 cm³/mol. The molecule has 0 aromatic rings. The van der Waals surface area contributed by atoms with Crippen LogP contribution in [0.15, 0.2) is 0 Å². The molecule has 0 N–H and O–H groups in total. The van der Waals surface area contributed by atoms with Gasteiger partial charge < -0.3 is 18.9 Å². The Kier molecular flexibility index (Phi) is 4.32. The van der Waals surface area contributed by atoms with Gasteiger partial charge in [-0.25, -0.2) is 0 Å². The fraction of sp³-hybridized carbons (Fsp3) is 1.00. The third-order valence-corrected chi connectivity index (χ3v) is 3.61. The molecular weight excluding hydrogens is 232 g/mol. The molecule has 0 bridgehead atoms. The second kappa shape index (κ2) is 5.45. The molecule has 0 aromatic carbocycles. The molecule has 18 heavy (non-hydrogen) atoms. The Labute approximate surface area is 110 Å². The summed E-state index contributed by atoms with van der Waals surface area (Å²) in [7, 11) is 1.67. The lowest BCUT2D eigenvalue weighted by atomic mass is 9.96. The van der Waals surface area contributed by atoms with E-state index in [2.05, 4.69) is 13.8 Å². The minimum Gasteiger partial charge on any atom is -0.353 e. The molecule has 4 nitrogen and oxygen atoms in total. The van der Waals surface area contributed by atoms with Crippen LogP contribution in [0.4, 0.5) is 0 Å². The molecule has 0 spiro atoms. The molecule has 2 saturated heterocycles. The molecule has 0 saturated carbocycles. The molecule has 0 amide bonds. The lowest BCUT2D eigenvalue weighted by molar-refractivity contribution is -0.242. The first-order valence-corrected chi connectivity index (χ1v) is 6.95. The van der Waals surface area contributed by atoms with Gasteiger partial charge in [0.05, 0.1) is 12.2 Å². The first-order valence-electron chi connectivity index (χ1n) is 6.95. The van der Waals surface area contributed by atoms with Crippen molar-refractivity contribution in [3.05, 3.63) is 0 Å². The van der Waals surface area contributed by atoms with Gasteiger partial charge in [-0.2, -0.15) is 0 Å². The van der Waals surface area contributed by atoms with Crippen molar-refractivity contribution >= 4 is 0 Å². The van der Waals surface area contributed by atoms with E-state index < -0.39 is 5.79 Å². The summed E-state index contributed by atoms with van der Waals surface area (Å²) in [6, 6.07) is 0. The zero-order chi connectivity index (χ0) is 13.3. The van der Waals surface area contributed by atoms with Crippen molar-refractivity contribution in [3.8, 4) is 0 Å². The smallest absolute Gasteiger partial charge is 0.186 e. The van der Waals surface area contributed by atoms with Crippen LogP contribution in [-0.2, 0) is 18.9 Å². The Bertz CT molecular complexity index is 277.